The standard InChI is InChI=1S/C12H15NO/c1-8-7-14-12-10(6-9(2)13)4-3-5-11(8)12/h3-5,7,9H,6,13H2,1-2H3. The number of hydrogen-bond acceptors (Lipinski definition) is 2. The van der Waals surface area contributed by atoms with Crippen LogP contribution in [-0.4, -0.2) is 6.04 Å². The number of nitrogens with two attached hydrogens (primary N) is 1. The van der Waals surface area contributed by atoms with E-state index >= 15 is 0 Å². The average molecular weight is 189 g/mol. The summed E-state index contributed by atoms with van der Waals surface area (Å²) in [6.45, 7) is 4.07. The Balaban J connectivity index is 2.54. The topological polar surface area (TPSA) is 39.2 Å². The molecule has 0 aliphatic heterocycles. The molecule has 0 fully saturated rings. The summed E-state index contributed by atoms with van der Waals surface area (Å²) in [5, 5.41) is 1.20. The SMILES string of the molecule is Cc1coc2c(CC(C)N)cccc12. The van der Waals surface area contributed by atoms with Crippen LogP contribution in [0.4, 0.5) is 0 Å². The third-order valence-electron chi connectivity index (χ3n) is 2.42. The minimum atomic E-state index is 0.172. The van der Waals surface area contributed by atoms with Crippen molar-refractivity contribution in [1.82, 2.24) is 0 Å². The molecule has 0 amide bonds. The van der Waals surface area contributed by atoms with Crippen molar-refractivity contribution >= 4 is 11.0 Å². The fourth-order valence-corrected chi connectivity index (χ4v) is 1.75. The molecule has 0 bridgehead atoms. The van der Waals surface area contributed by atoms with Gasteiger partial charge in [0, 0.05) is 11.4 Å². The van der Waals surface area contributed by atoms with Crippen molar-refractivity contribution in [2.24, 2.45) is 5.73 Å². The quantitative estimate of drug-likeness (QED) is 0.788. The summed E-state index contributed by atoms with van der Waals surface area (Å²) in [7, 11) is 0. The monoisotopic (exact) mass is 189 g/mol. The molecule has 0 saturated carbocycles. The number of fused-ring (bicyclic) bond motifs is 1. The van der Waals surface area contributed by atoms with E-state index in [1.54, 1.807) is 6.26 Å². The van der Waals surface area contributed by atoms with E-state index in [0.717, 1.165) is 12.0 Å². The molecule has 0 saturated heterocycles. The van der Waals surface area contributed by atoms with Crippen molar-refractivity contribution in [2.45, 2.75) is 26.3 Å². The summed E-state index contributed by atoms with van der Waals surface area (Å²) in [5.74, 6) is 0. The van der Waals surface area contributed by atoms with Crippen LogP contribution in [-0.2, 0) is 6.42 Å². The molecule has 2 aromatic rings. The van der Waals surface area contributed by atoms with Gasteiger partial charge in [-0.15, -0.1) is 0 Å². The molecule has 1 atom stereocenters. The van der Waals surface area contributed by atoms with Gasteiger partial charge in [-0.05, 0) is 31.4 Å². The Labute approximate surface area is 83.7 Å². The Morgan fingerprint density at radius 2 is 2.21 bits per heavy atom. The second-order valence-electron chi connectivity index (χ2n) is 3.89. The lowest BCUT2D eigenvalue weighted by Crippen LogP contribution is -2.17. The Morgan fingerprint density at radius 1 is 1.43 bits per heavy atom. The van der Waals surface area contributed by atoms with Crippen molar-refractivity contribution in [3.63, 3.8) is 0 Å². The molecular weight excluding hydrogens is 174 g/mol. The highest BCUT2D eigenvalue weighted by Crippen LogP contribution is 2.24. The molecule has 14 heavy (non-hydrogen) atoms. The maximum Gasteiger partial charge on any atom is 0.137 e. The average Bonchev–Trinajstić information content (AvgIpc) is 2.49. The van der Waals surface area contributed by atoms with Crippen LogP contribution in [0.25, 0.3) is 11.0 Å². The third kappa shape index (κ3) is 1.53. The summed E-state index contributed by atoms with van der Waals surface area (Å²) in [6, 6.07) is 6.39. The van der Waals surface area contributed by atoms with Gasteiger partial charge >= 0.3 is 0 Å². The first-order valence-corrected chi connectivity index (χ1v) is 4.90. The van der Waals surface area contributed by atoms with Gasteiger partial charge in [-0.1, -0.05) is 18.2 Å². The van der Waals surface area contributed by atoms with Crippen LogP contribution >= 0.6 is 0 Å². The highest BCUT2D eigenvalue weighted by molar-refractivity contribution is 5.83. The molecule has 1 aromatic heterocycles. The first kappa shape index (κ1) is 9.28. The van der Waals surface area contributed by atoms with E-state index in [-0.39, 0.29) is 6.04 Å². The number of aryl methyl sites for hydroxylation is 1. The van der Waals surface area contributed by atoms with Crippen LogP contribution in [0, 0.1) is 6.92 Å². The number of para-hydroxylation sites is 1. The maximum absolute atomic E-state index is 5.78. The number of benzene rings is 1. The second kappa shape index (κ2) is 3.46. The maximum atomic E-state index is 5.78. The normalized spacial score (nSPS) is 13.4. The highest BCUT2D eigenvalue weighted by atomic mass is 16.3. The number of rotatable bonds is 2. The Bertz CT molecular complexity index is 443. The molecule has 1 aromatic carbocycles. The van der Waals surface area contributed by atoms with E-state index in [9.17, 15) is 0 Å². The predicted molar refractivity (Wildman–Crippen MR) is 58.3 cm³/mol. The molecule has 0 aliphatic rings. The molecule has 1 heterocycles. The minimum Gasteiger partial charge on any atom is -0.464 e. The zero-order valence-corrected chi connectivity index (χ0v) is 8.58. The lowest BCUT2D eigenvalue weighted by Gasteiger charge is -2.05. The first-order chi connectivity index (χ1) is 6.68. The molecule has 2 rings (SSSR count). The van der Waals surface area contributed by atoms with Gasteiger partial charge in [0.05, 0.1) is 6.26 Å². The molecule has 2 N–H and O–H groups in total. The third-order valence-corrected chi connectivity index (χ3v) is 2.42. The fourth-order valence-electron chi connectivity index (χ4n) is 1.75. The van der Waals surface area contributed by atoms with Gasteiger partial charge in [-0.3, -0.25) is 0 Å². The van der Waals surface area contributed by atoms with Crippen molar-refractivity contribution < 1.29 is 4.42 Å². The van der Waals surface area contributed by atoms with Crippen molar-refractivity contribution in [2.75, 3.05) is 0 Å². The van der Waals surface area contributed by atoms with E-state index in [1.807, 2.05) is 6.92 Å². The molecule has 74 valence electrons. The van der Waals surface area contributed by atoms with Crippen molar-refractivity contribution in [3.8, 4) is 0 Å². The van der Waals surface area contributed by atoms with Crippen LogP contribution in [0.2, 0.25) is 0 Å². The molecule has 1 unspecified atom stereocenters. The van der Waals surface area contributed by atoms with Gasteiger partial charge in [-0.2, -0.15) is 0 Å². The summed E-state index contributed by atoms with van der Waals surface area (Å²) in [4.78, 5) is 0. The summed E-state index contributed by atoms with van der Waals surface area (Å²) in [6.07, 6.45) is 2.67. The zero-order chi connectivity index (χ0) is 10.1. The van der Waals surface area contributed by atoms with Crippen LogP contribution in [0.15, 0.2) is 28.9 Å². The van der Waals surface area contributed by atoms with E-state index < -0.39 is 0 Å². The number of furan rings is 1. The summed E-state index contributed by atoms with van der Waals surface area (Å²) < 4.78 is 5.53. The Hall–Kier alpha value is -1.28. The molecule has 2 nitrogen and oxygen atoms in total. The van der Waals surface area contributed by atoms with Crippen LogP contribution < -0.4 is 5.73 Å². The second-order valence-corrected chi connectivity index (χ2v) is 3.89. The lowest BCUT2D eigenvalue weighted by atomic mass is 10.0. The van der Waals surface area contributed by atoms with Gasteiger partial charge < -0.3 is 10.2 Å². The van der Waals surface area contributed by atoms with Gasteiger partial charge in [-0.25, -0.2) is 0 Å². The zero-order valence-electron chi connectivity index (χ0n) is 8.58. The van der Waals surface area contributed by atoms with Crippen molar-refractivity contribution in [3.05, 3.63) is 35.6 Å². The Morgan fingerprint density at radius 3 is 2.93 bits per heavy atom. The Kier molecular flexibility index (Phi) is 2.30. The molecule has 0 radical (unpaired) electrons. The van der Waals surface area contributed by atoms with Gasteiger partial charge in [0.2, 0.25) is 0 Å². The largest absolute Gasteiger partial charge is 0.464 e. The fraction of sp³-hybridized carbons (Fsp3) is 0.333. The first-order valence-electron chi connectivity index (χ1n) is 4.90. The van der Waals surface area contributed by atoms with E-state index in [0.29, 0.717) is 0 Å². The van der Waals surface area contributed by atoms with Crippen LogP contribution in [0.1, 0.15) is 18.1 Å². The van der Waals surface area contributed by atoms with E-state index in [4.69, 9.17) is 10.2 Å². The molecular formula is C12H15NO. The van der Waals surface area contributed by atoms with Gasteiger partial charge in [0.1, 0.15) is 5.58 Å². The van der Waals surface area contributed by atoms with Crippen LogP contribution in [0.3, 0.4) is 0 Å². The summed E-state index contributed by atoms with van der Waals surface area (Å²) in [5.41, 5.74) is 9.16. The van der Waals surface area contributed by atoms with Gasteiger partial charge in [0.15, 0.2) is 0 Å². The predicted octanol–water partition coefficient (Wildman–Crippen LogP) is 2.63. The van der Waals surface area contributed by atoms with Crippen LogP contribution in [0.5, 0.6) is 0 Å². The van der Waals surface area contributed by atoms with Crippen molar-refractivity contribution in [1.29, 1.82) is 0 Å². The van der Waals surface area contributed by atoms with E-state index in [1.165, 1.54) is 16.5 Å². The molecule has 2 heteroatoms. The smallest absolute Gasteiger partial charge is 0.137 e. The minimum absolute atomic E-state index is 0.172. The highest BCUT2D eigenvalue weighted by Gasteiger charge is 2.07. The molecule has 0 spiro atoms. The summed E-state index contributed by atoms with van der Waals surface area (Å²) >= 11 is 0. The molecule has 0 aliphatic carbocycles. The van der Waals surface area contributed by atoms with E-state index in [2.05, 4.69) is 25.1 Å². The van der Waals surface area contributed by atoms with Gasteiger partial charge in [0.25, 0.3) is 0 Å². The number of hydrogen-bond donors (Lipinski definition) is 1. The lowest BCUT2D eigenvalue weighted by molar-refractivity contribution is 0.604.